The van der Waals surface area contributed by atoms with Gasteiger partial charge in [-0.3, -0.25) is 9.59 Å². The number of carbonyl (C=O) groups excluding carboxylic acids is 2. The number of alkyl halides is 1. The highest BCUT2D eigenvalue weighted by molar-refractivity contribution is 6.45. The molecule has 0 fully saturated rings. The quantitative estimate of drug-likeness (QED) is 0.238. The highest BCUT2D eigenvalue weighted by Gasteiger charge is 2.18. The van der Waals surface area contributed by atoms with Gasteiger partial charge >= 0.3 is 0 Å². The molecule has 2 rings (SSSR count). The van der Waals surface area contributed by atoms with Crippen molar-refractivity contribution in [1.82, 2.24) is 0 Å². The van der Waals surface area contributed by atoms with Crippen LogP contribution in [0.25, 0.3) is 11.1 Å². The first-order valence-corrected chi connectivity index (χ1v) is 9.45. The van der Waals surface area contributed by atoms with Crippen molar-refractivity contribution in [3.63, 3.8) is 0 Å². The molecule has 3 heteroatoms. The second kappa shape index (κ2) is 11.0. The summed E-state index contributed by atoms with van der Waals surface area (Å²) in [6.07, 6.45) is 9.56. The Balaban J connectivity index is 1.94. The lowest BCUT2D eigenvalue weighted by atomic mass is 10.1. The van der Waals surface area contributed by atoms with Gasteiger partial charge in [0.25, 0.3) is 0 Å². The molecule has 0 amide bonds. The number of rotatable bonds is 8. The van der Waals surface area contributed by atoms with E-state index in [9.17, 15) is 9.59 Å². The molecule has 0 aliphatic rings. The van der Waals surface area contributed by atoms with E-state index >= 15 is 0 Å². The Kier molecular flexibility index (Phi) is 8.38. The van der Waals surface area contributed by atoms with Crippen LogP contribution in [0.15, 0.2) is 97.1 Å². The molecule has 0 aliphatic heterocycles. The predicted molar refractivity (Wildman–Crippen MR) is 118 cm³/mol. The third kappa shape index (κ3) is 6.64. The van der Waals surface area contributed by atoms with Gasteiger partial charge in [-0.15, -0.1) is 11.6 Å². The van der Waals surface area contributed by atoms with Crippen LogP contribution in [0.5, 0.6) is 0 Å². The van der Waals surface area contributed by atoms with Crippen molar-refractivity contribution >= 4 is 34.3 Å². The van der Waals surface area contributed by atoms with Gasteiger partial charge in [-0.2, -0.15) is 0 Å². The highest BCUT2D eigenvalue weighted by atomic mass is 35.5. The molecule has 142 valence electrons. The van der Waals surface area contributed by atoms with E-state index < -0.39 is 16.9 Å². The molecule has 0 bridgehead atoms. The van der Waals surface area contributed by atoms with Crippen LogP contribution in [0.2, 0.25) is 0 Å². The minimum absolute atomic E-state index is 0.433. The van der Waals surface area contributed by atoms with Crippen LogP contribution in [-0.2, 0) is 9.59 Å². The van der Waals surface area contributed by atoms with Crippen molar-refractivity contribution in [3.8, 4) is 0 Å². The first kappa shape index (κ1) is 21.3. The van der Waals surface area contributed by atoms with E-state index in [0.717, 1.165) is 22.3 Å². The van der Waals surface area contributed by atoms with Gasteiger partial charge in [-0.1, -0.05) is 85.0 Å². The maximum atomic E-state index is 12.1. The van der Waals surface area contributed by atoms with Gasteiger partial charge in [-0.05, 0) is 48.3 Å². The maximum Gasteiger partial charge on any atom is 0.181 e. The molecule has 0 spiro atoms. The first-order chi connectivity index (χ1) is 13.5. The summed E-state index contributed by atoms with van der Waals surface area (Å²) >= 11 is 6.00. The average Bonchev–Trinajstić information content (AvgIpc) is 2.74. The molecule has 2 aromatic rings. The number of carbonyl (C=O) groups is 2. The summed E-state index contributed by atoms with van der Waals surface area (Å²) in [5.74, 6) is -0.866. The summed E-state index contributed by atoms with van der Waals surface area (Å²) in [6.45, 7) is 3.91. The summed E-state index contributed by atoms with van der Waals surface area (Å²) in [5, 5.41) is -1.22. The third-order valence-corrected chi connectivity index (χ3v) is 4.60. The Morgan fingerprint density at radius 2 is 1.07 bits per heavy atom. The van der Waals surface area contributed by atoms with Crippen LogP contribution >= 0.6 is 11.6 Å². The van der Waals surface area contributed by atoms with E-state index in [1.165, 1.54) is 12.2 Å². The Morgan fingerprint density at radius 3 is 1.43 bits per heavy atom. The molecule has 0 N–H and O–H groups in total. The number of ketones is 2. The fraction of sp³-hybridized carbons (Fsp3) is 0.120. The number of benzene rings is 2. The first-order valence-electron chi connectivity index (χ1n) is 9.01. The zero-order valence-electron chi connectivity index (χ0n) is 16.0. The fourth-order valence-electron chi connectivity index (χ4n) is 2.48. The van der Waals surface area contributed by atoms with Gasteiger partial charge in [0.05, 0.1) is 0 Å². The van der Waals surface area contributed by atoms with Crippen LogP contribution in [-0.4, -0.2) is 16.9 Å². The summed E-state index contributed by atoms with van der Waals surface area (Å²) in [6, 6.07) is 19.7. The van der Waals surface area contributed by atoms with Gasteiger partial charge in [0.1, 0.15) is 0 Å². The lowest BCUT2D eigenvalue weighted by molar-refractivity contribution is -0.121. The predicted octanol–water partition coefficient (Wildman–Crippen LogP) is 6.05. The van der Waals surface area contributed by atoms with Crippen LogP contribution in [0.1, 0.15) is 25.0 Å². The summed E-state index contributed by atoms with van der Waals surface area (Å²) in [4.78, 5) is 24.2. The Morgan fingerprint density at radius 1 is 0.714 bits per heavy atom. The number of hydrogen-bond acceptors (Lipinski definition) is 2. The summed E-state index contributed by atoms with van der Waals surface area (Å²) < 4.78 is 0. The molecule has 0 radical (unpaired) electrons. The van der Waals surface area contributed by atoms with Gasteiger partial charge in [-0.25, -0.2) is 0 Å². The monoisotopic (exact) mass is 390 g/mol. The van der Waals surface area contributed by atoms with Crippen LogP contribution < -0.4 is 0 Å². The molecule has 0 aliphatic carbocycles. The smallest absolute Gasteiger partial charge is 0.181 e. The maximum absolute atomic E-state index is 12.1. The molecule has 0 saturated carbocycles. The molecule has 0 atom stereocenters. The van der Waals surface area contributed by atoms with E-state index in [-0.39, 0.29) is 0 Å². The molecule has 2 aromatic carbocycles. The highest BCUT2D eigenvalue weighted by Crippen LogP contribution is 2.14. The normalized spacial score (nSPS) is 12.9. The molecule has 0 unspecified atom stereocenters. The summed E-state index contributed by atoms with van der Waals surface area (Å²) in [5.41, 5.74) is 4.18. The van der Waals surface area contributed by atoms with Gasteiger partial charge < -0.3 is 0 Å². The van der Waals surface area contributed by atoms with Gasteiger partial charge in [0, 0.05) is 0 Å². The standard InChI is InChI=1S/C25H23ClO2/c1-19(21-13-5-3-6-14-21)11-9-17-23(27)25(26)24(28)18-10-12-20(2)22-15-7-4-8-16-22/h3-18,25H,1-2H3/b17-9+,18-10+,19-11+,20-12+. The zero-order valence-corrected chi connectivity index (χ0v) is 16.8. The van der Waals surface area contributed by atoms with Crippen molar-refractivity contribution in [1.29, 1.82) is 0 Å². The number of allylic oxidation sites excluding steroid dienone is 8. The molecule has 0 heterocycles. The Labute approximate surface area is 171 Å². The molecule has 28 heavy (non-hydrogen) atoms. The molecule has 0 aromatic heterocycles. The van der Waals surface area contributed by atoms with E-state index in [0.29, 0.717) is 0 Å². The molecular weight excluding hydrogens is 368 g/mol. The number of hydrogen-bond donors (Lipinski definition) is 0. The second-order valence-electron chi connectivity index (χ2n) is 6.32. The van der Waals surface area contributed by atoms with Crippen molar-refractivity contribution in [2.45, 2.75) is 19.2 Å². The molecular formula is C25H23ClO2. The van der Waals surface area contributed by atoms with Crippen LogP contribution in [0, 0.1) is 0 Å². The average molecular weight is 391 g/mol. The number of halogens is 1. The molecule has 2 nitrogen and oxygen atoms in total. The lowest BCUT2D eigenvalue weighted by Gasteiger charge is -2.01. The lowest BCUT2D eigenvalue weighted by Crippen LogP contribution is -2.21. The van der Waals surface area contributed by atoms with Gasteiger partial charge in [0.15, 0.2) is 16.9 Å². The minimum Gasteiger partial charge on any atom is -0.293 e. The van der Waals surface area contributed by atoms with E-state index in [4.69, 9.17) is 11.6 Å². The zero-order chi connectivity index (χ0) is 20.4. The fourth-order valence-corrected chi connectivity index (χ4v) is 2.62. The van der Waals surface area contributed by atoms with Crippen LogP contribution in [0.3, 0.4) is 0 Å². The largest absolute Gasteiger partial charge is 0.293 e. The third-order valence-electron chi connectivity index (χ3n) is 4.17. The van der Waals surface area contributed by atoms with E-state index in [1.807, 2.05) is 86.7 Å². The Bertz CT molecular complexity index is 842. The van der Waals surface area contributed by atoms with E-state index in [1.54, 1.807) is 12.2 Å². The van der Waals surface area contributed by atoms with Crippen molar-refractivity contribution in [2.24, 2.45) is 0 Å². The SMILES string of the molecule is C/C(=C\C=C\C(=O)C(Cl)C(=O)/C=C/C=C(\C)c1ccccc1)c1ccccc1. The Hall–Kier alpha value is -2.97. The minimum atomic E-state index is -1.22. The van der Waals surface area contributed by atoms with Crippen LogP contribution in [0.4, 0.5) is 0 Å². The van der Waals surface area contributed by atoms with E-state index in [2.05, 4.69) is 0 Å². The van der Waals surface area contributed by atoms with Crippen molar-refractivity contribution in [3.05, 3.63) is 108 Å². The van der Waals surface area contributed by atoms with Gasteiger partial charge in [0.2, 0.25) is 0 Å². The van der Waals surface area contributed by atoms with Crippen molar-refractivity contribution in [2.75, 3.05) is 0 Å². The second-order valence-corrected chi connectivity index (χ2v) is 6.75. The summed E-state index contributed by atoms with van der Waals surface area (Å²) in [7, 11) is 0. The topological polar surface area (TPSA) is 34.1 Å². The van der Waals surface area contributed by atoms with Crippen molar-refractivity contribution < 1.29 is 9.59 Å². The molecule has 0 saturated heterocycles.